The lowest BCUT2D eigenvalue weighted by Gasteiger charge is -2.34. The van der Waals surface area contributed by atoms with Gasteiger partial charge in [0.2, 0.25) is 11.8 Å². The first-order chi connectivity index (χ1) is 12.3. The molecule has 0 bridgehead atoms. The van der Waals surface area contributed by atoms with Crippen LogP contribution in [-0.4, -0.2) is 54.3 Å². The summed E-state index contributed by atoms with van der Waals surface area (Å²) in [4.78, 5) is 27.9. The van der Waals surface area contributed by atoms with Crippen LogP contribution < -0.4 is 5.32 Å². The van der Waals surface area contributed by atoms with Crippen molar-refractivity contribution in [3.8, 4) is 0 Å². The van der Waals surface area contributed by atoms with Gasteiger partial charge in [0.05, 0.1) is 12.6 Å². The van der Waals surface area contributed by atoms with E-state index < -0.39 is 0 Å². The van der Waals surface area contributed by atoms with Crippen LogP contribution in [0.3, 0.4) is 0 Å². The highest BCUT2D eigenvalue weighted by atomic mass is 16.2. The standard InChI is InChI=1S/C21H33N3O2/c1-15(2)18-6-8-19(9-7-18)21(16(3)4)22-20(26)14-23-10-12-24(13-11-23)17(5)25/h6-9,15-16,21H,10-14H2,1-5H3,(H,22,26)/t21-/m1/s1. The molecule has 0 saturated carbocycles. The van der Waals surface area contributed by atoms with Crippen molar-refractivity contribution < 1.29 is 9.59 Å². The van der Waals surface area contributed by atoms with Crippen LogP contribution in [0.1, 0.15) is 57.7 Å². The zero-order valence-electron chi connectivity index (χ0n) is 16.8. The second-order valence-corrected chi connectivity index (χ2v) is 7.89. The third-order valence-electron chi connectivity index (χ3n) is 5.13. The summed E-state index contributed by atoms with van der Waals surface area (Å²) in [6.07, 6.45) is 0. The molecule has 1 aromatic rings. The Bertz CT molecular complexity index is 602. The zero-order chi connectivity index (χ0) is 19.3. The van der Waals surface area contributed by atoms with E-state index in [-0.39, 0.29) is 17.9 Å². The van der Waals surface area contributed by atoms with Gasteiger partial charge in [-0.05, 0) is 23.0 Å². The van der Waals surface area contributed by atoms with Crippen molar-refractivity contribution in [1.82, 2.24) is 15.1 Å². The lowest BCUT2D eigenvalue weighted by Crippen LogP contribution is -2.51. The first-order valence-corrected chi connectivity index (χ1v) is 9.65. The van der Waals surface area contributed by atoms with Crippen molar-refractivity contribution >= 4 is 11.8 Å². The fourth-order valence-electron chi connectivity index (χ4n) is 3.37. The smallest absolute Gasteiger partial charge is 0.234 e. The van der Waals surface area contributed by atoms with Gasteiger partial charge in [-0.1, -0.05) is 52.0 Å². The molecule has 2 rings (SSSR count). The maximum atomic E-state index is 12.6. The van der Waals surface area contributed by atoms with Gasteiger partial charge in [0.1, 0.15) is 0 Å². The molecule has 0 unspecified atom stereocenters. The number of carbonyl (C=O) groups excluding carboxylic acids is 2. The highest BCUT2D eigenvalue weighted by Crippen LogP contribution is 2.24. The second kappa shape index (κ2) is 9.17. The van der Waals surface area contributed by atoms with Gasteiger partial charge in [0.25, 0.3) is 0 Å². The summed E-state index contributed by atoms with van der Waals surface area (Å²) in [7, 11) is 0. The van der Waals surface area contributed by atoms with E-state index in [1.54, 1.807) is 6.92 Å². The van der Waals surface area contributed by atoms with Gasteiger partial charge in [-0.2, -0.15) is 0 Å². The van der Waals surface area contributed by atoms with E-state index in [1.807, 2.05) is 4.90 Å². The SMILES string of the molecule is CC(=O)N1CCN(CC(=O)N[C@@H](c2ccc(C(C)C)cc2)C(C)C)CC1. The second-order valence-electron chi connectivity index (χ2n) is 7.89. The Morgan fingerprint density at radius 3 is 1.96 bits per heavy atom. The molecule has 5 nitrogen and oxygen atoms in total. The number of nitrogens with zero attached hydrogens (tertiary/aromatic N) is 2. The highest BCUT2D eigenvalue weighted by molar-refractivity contribution is 5.78. The molecule has 1 fully saturated rings. The van der Waals surface area contributed by atoms with Gasteiger partial charge >= 0.3 is 0 Å². The van der Waals surface area contributed by atoms with Crippen molar-refractivity contribution in [3.05, 3.63) is 35.4 Å². The molecule has 1 N–H and O–H groups in total. The van der Waals surface area contributed by atoms with Crippen molar-refractivity contribution in [2.45, 2.75) is 46.6 Å². The number of carbonyl (C=O) groups is 2. The normalized spacial score (nSPS) is 16.8. The predicted molar refractivity (Wildman–Crippen MR) is 105 cm³/mol. The number of nitrogens with one attached hydrogen (secondary N) is 1. The summed E-state index contributed by atoms with van der Waals surface area (Å²) in [6, 6.07) is 8.59. The average Bonchev–Trinajstić information content (AvgIpc) is 2.60. The van der Waals surface area contributed by atoms with Crippen LogP contribution in [0.15, 0.2) is 24.3 Å². The van der Waals surface area contributed by atoms with Crippen molar-refractivity contribution in [2.24, 2.45) is 5.92 Å². The maximum Gasteiger partial charge on any atom is 0.234 e. The van der Waals surface area contributed by atoms with E-state index in [4.69, 9.17) is 0 Å². The average molecular weight is 360 g/mol. The number of benzene rings is 1. The van der Waals surface area contributed by atoms with Crippen molar-refractivity contribution in [2.75, 3.05) is 32.7 Å². The molecule has 0 aliphatic carbocycles. The molecule has 26 heavy (non-hydrogen) atoms. The fourth-order valence-corrected chi connectivity index (χ4v) is 3.37. The molecular formula is C21H33N3O2. The van der Waals surface area contributed by atoms with Gasteiger partial charge in [-0.15, -0.1) is 0 Å². The molecule has 1 aromatic carbocycles. The molecule has 0 spiro atoms. The van der Waals surface area contributed by atoms with Gasteiger partial charge in [-0.3, -0.25) is 14.5 Å². The van der Waals surface area contributed by atoms with Crippen LogP contribution in [0.25, 0.3) is 0 Å². The van der Waals surface area contributed by atoms with E-state index in [2.05, 4.69) is 62.2 Å². The molecule has 1 aliphatic heterocycles. The van der Waals surface area contributed by atoms with Crippen LogP contribution in [-0.2, 0) is 9.59 Å². The Morgan fingerprint density at radius 1 is 0.962 bits per heavy atom. The topological polar surface area (TPSA) is 52.7 Å². The van der Waals surface area contributed by atoms with Crippen LogP contribution >= 0.6 is 0 Å². The summed E-state index contributed by atoms with van der Waals surface area (Å²) < 4.78 is 0. The Morgan fingerprint density at radius 2 is 1.50 bits per heavy atom. The van der Waals surface area contributed by atoms with Crippen molar-refractivity contribution in [3.63, 3.8) is 0 Å². The van der Waals surface area contributed by atoms with E-state index in [9.17, 15) is 9.59 Å². The summed E-state index contributed by atoms with van der Waals surface area (Å²) in [5, 5.41) is 3.20. The molecule has 144 valence electrons. The number of hydrogen-bond donors (Lipinski definition) is 1. The maximum absolute atomic E-state index is 12.6. The molecule has 1 heterocycles. The van der Waals surface area contributed by atoms with E-state index in [1.165, 1.54) is 5.56 Å². The van der Waals surface area contributed by atoms with Crippen LogP contribution in [0.4, 0.5) is 0 Å². The van der Waals surface area contributed by atoms with E-state index >= 15 is 0 Å². The third-order valence-corrected chi connectivity index (χ3v) is 5.13. The molecule has 1 aliphatic rings. The highest BCUT2D eigenvalue weighted by Gasteiger charge is 2.23. The summed E-state index contributed by atoms with van der Waals surface area (Å²) in [6.45, 7) is 13.5. The van der Waals surface area contributed by atoms with E-state index in [0.717, 1.165) is 18.7 Å². The summed E-state index contributed by atoms with van der Waals surface area (Å²) in [5.74, 6) is 0.981. The molecule has 1 atom stereocenters. The molecule has 0 aromatic heterocycles. The molecule has 1 saturated heterocycles. The van der Waals surface area contributed by atoms with Crippen LogP contribution in [0.5, 0.6) is 0 Å². The Hall–Kier alpha value is -1.88. The van der Waals surface area contributed by atoms with E-state index in [0.29, 0.717) is 31.5 Å². The van der Waals surface area contributed by atoms with Gasteiger partial charge in [-0.25, -0.2) is 0 Å². The summed E-state index contributed by atoms with van der Waals surface area (Å²) >= 11 is 0. The fraction of sp³-hybridized carbons (Fsp3) is 0.619. The van der Waals surface area contributed by atoms with Crippen molar-refractivity contribution in [1.29, 1.82) is 0 Å². The third kappa shape index (κ3) is 5.56. The quantitative estimate of drug-likeness (QED) is 0.850. The summed E-state index contributed by atoms with van der Waals surface area (Å²) in [5.41, 5.74) is 2.46. The minimum absolute atomic E-state index is 0.0159. The molecule has 0 radical (unpaired) electrons. The zero-order valence-corrected chi connectivity index (χ0v) is 16.8. The first-order valence-electron chi connectivity index (χ1n) is 9.65. The molecule has 5 heteroatoms. The van der Waals surface area contributed by atoms with Gasteiger partial charge in [0.15, 0.2) is 0 Å². The molecular weight excluding hydrogens is 326 g/mol. The lowest BCUT2D eigenvalue weighted by molar-refractivity contribution is -0.131. The van der Waals surface area contributed by atoms with Gasteiger partial charge < -0.3 is 10.2 Å². The Balaban J connectivity index is 1.93. The van der Waals surface area contributed by atoms with Crippen LogP contribution in [0.2, 0.25) is 0 Å². The van der Waals surface area contributed by atoms with Crippen LogP contribution in [0, 0.1) is 5.92 Å². The number of amides is 2. The van der Waals surface area contributed by atoms with Gasteiger partial charge in [0, 0.05) is 33.1 Å². The Labute approximate surface area is 157 Å². The number of hydrogen-bond acceptors (Lipinski definition) is 3. The number of piperazine rings is 1. The lowest BCUT2D eigenvalue weighted by atomic mass is 9.93. The number of rotatable bonds is 6. The largest absolute Gasteiger partial charge is 0.348 e. The predicted octanol–water partition coefficient (Wildman–Crippen LogP) is 2.79. The first kappa shape index (κ1) is 20.4. The monoisotopic (exact) mass is 359 g/mol. The molecule has 2 amide bonds. The minimum atomic E-state index is 0.0159. The minimum Gasteiger partial charge on any atom is -0.348 e. The Kier molecular flexibility index (Phi) is 7.21.